The van der Waals surface area contributed by atoms with Crippen LogP contribution in [0, 0.1) is 6.92 Å². The molecule has 0 spiro atoms. The van der Waals surface area contributed by atoms with Crippen LogP contribution < -0.4 is 10.6 Å². The minimum atomic E-state index is -4.72. The van der Waals surface area contributed by atoms with Crippen molar-refractivity contribution in [3.63, 3.8) is 0 Å². The minimum absolute atomic E-state index is 0.180. The number of rotatable bonds is 6. The van der Waals surface area contributed by atoms with E-state index in [1.165, 1.54) is 6.07 Å². The quantitative estimate of drug-likeness (QED) is 0.471. The summed E-state index contributed by atoms with van der Waals surface area (Å²) in [5, 5.41) is 9.42. The van der Waals surface area contributed by atoms with Crippen LogP contribution >= 0.6 is 0 Å². The molecule has 2 aromatic carbocycles. The molecule has 32 heavy (non-hydrogen) atoms. The van der Waals surface area contributed by atoms with Gasteiger partial charge in [0.15, 0.2) is 0 Å². The van der Waals surface area contributed by atoms with Crippen LogP contribution in [0.2, 0.25) is 0 Å². The standard InChI is InChI=1S/C22H19F3N6O/c1-14-12-18(31-21(26-14)29-20(30-31)22(23,24)25)28-17(13-15-8-4-2-5-9-15)19(32)27-16-10-6-3-7-11-16/h2-12,17,28H,13H2,1H3,(H,27,32)/t17-/m1/s1. The lowest BCUT2D eigenvalue weighted by molar-refractivity contribution is -0.144. The van der Waals surface area contributed by atoms with E-state index in [0.717, 1.165) is 10.1 Å². The lowest BCUT2D eigenvalue weighted by Gasteiger charge is -2.20. The van der Waals surface area contributed by atoms with Crippen LogP contribution in [0.25, 0.3) is 5.78 Å². The van der Waals surface area contributed by atoms with Crippen molar-refractivity contribution in [1.82, 2.24) is 19.6 Å². The van der Waals surface area contributed by atoms with E-state index in [9.17, 15) is 18.0 Å². The molecule has 1 amide bonds. The summed E-state index contributed by atoms with van der Waals surface area (Å²) < 4.78 is 40.3. The normalized spacial score (nSPS) is 12.5. The van der Waals surface area contributed by atoms with Crippen molar-refractivity contribution in [2.75, 3.05) is 10.6 Å². The van der Waals surface area contributed by atoms with Crippen molar-refractivity contribution in [2.24, 2.45) is 0 Å². The highest BCUT2D eigenvalue weighted by Crippen LogP contribution is 2.27. The molecule has 0 fully saturated rings. The van der Waals surface area contributed by atoms with E-state index in [0.29, 0.717) is 17.8 Å². The fourth-order valence-electron chi connectivity index (χ4n) is 3.20. The number of benzene rings is 2. The summed E-state index contributed by atoms with van der Waals surface area (Å²) in [6, 6.07) is 18.9. The Labute approximate surface area is 181 Å². The third kappa shape index (κ3) is 4.85. The predicted octanol–water partition coefficient (Wildman–Crippen LogP) is 4.11. The number of nitrogens with one attached hydrogen (secondary N) is 2. The summed E-state index contributed by atoms with van der Waals surface area (Å²) in [5.74, 6) is -1.67. The highest BCUT2D eigenvalue weighted by molar-refractivity contribution is 5.96. The number of aryl methyl sites for hydroxylation is 1. The Kier molecular flexibility index (Phi) is 5.76. The third-order valence-electron chi connectivity index (χ3n) is 4.66. The Morgan fingerprint density at radius 2 is 1.69 bits per heavy atom. The number of nitrogens with zero attached hydrogens (tertiary/aromatic N) is 4. The molecule has 0 bridgehead atoms. The van der Waals surface area contributed by atoms with Crippen LogP contribution in [-0.2, 0) is 17.4 Å². The molecular weight excluding hydrogens is 421 g/mol. The number of carbonyl (C=O) groups is 1. The fraction of sp³-hybridized carbons (Fsp3) is 0.182. The number of fused-ring (bicyclic) bond motifs is 1. The van der Waals surface area contributed by atoms with E-state index in [1.54, 1.807) is 31.2 Å². The first-order valence-electron chi connectivity index (χ1n) is 9.77. The maximum atomic E-state index is 13.1. The molecule has 0 unspecified atom stereocenters. The van der Waals surface area contributed by atoms with Gasteiger partial charge in [0.25, 0.3) is 11.6 Å². The molecule has 0 radical (unpaired) electrons. The molecule has 0 aliphatic carbocycles. The molecule has 1 atom stereocenters. The number of hydrogen-bond donors (Lipinski definition) is 2. The molecule has 10 heteroatoms. The smallest absolute Gasteiger partial charge is 0.358 e. The van der Waals surface area contributed by atoms with Crippen molar-refractivity contribution >= 4 is 23.2 Å². The highest BCUT2D eigenvalue weighted by Gasteiger charge is 2.37. The van der Waals surface area contributed by atoms with E-state index in [4.69, 9.17) is 0 Å². The lowest BCUT2D eigenvalue weighted by Crippen LogP contribution is -2.37. The van der Waals surface area contributed by atoms with E-state index >= 15 is 0 Å². The van der Waals surface area contributed by atoms with Crippen molar-refractivity contribution in [3.8, 4) is 0 Å². The molecule has 2 heterocycles. The van der Waals surface area contributed by atoms with Gasteiger partial charge in [-0.05, 0) is 24.6 Å². The summed E-state index contributed by atoms with van der Waals surface area (Å²) >= 11 is 0. The van der Waals surface area contributed by atoms with Crippen LogP contribution in [0.1, 0.15) is 17.1 Å². The molecule has 0 saturated heterocycles. The maximum Gasteiger partial charge on any atom is 0.453 e. The second-order valence-corrected chi connectivity index (χ2v) is 7.17. The zero-order valence-electron chi connectivity index (χ0n) is 17.0. The topological polar surface area (TPSA) is 84.2 Å². The highest BCUT2D eigenvalue weighted by atomic mass is 19.4. The minimum Gasteiger partial charge on any atom is -0.358 e. The van der Waals surface area contributed by atoms with Gasteiger partial charge in [-0.25, -0.2) is 4.98 Å². The molecular formula is C22H19F3N6O. The van der Waals surface area contributed by atoms with Crippen LogP contribution in [0.3, 0.4) is 0 Å². The fourth-order valence-corrected chi connectivity index (χ4v) is 3.20. The predicted molar refractivity (Wildman–Crippen MR) is 113 cm³/mol. The van der Waals surface area contributed by atoms with Gasteiger partial charge in [0, 0.05) is 23.9 Å². The molecule has 164 valence electrons. The second-order valence-electron chi connectivity index (χ2n) is 7.17. The van der Waals surface area contributed by atoms with Gasteiger partial charge in [-0.2, -0.15) is 22.7 Å². The summed E-state index contributed by atoms with van der Waals surface area (Å²) in [7, 11) is 0. The monoisotopic (exact) mass is 440 g/mol. The number of aromatic nitrogens is 4. The Hall–Kier alpha value is -3.95. The summed E-state index contributed by atoms with van der Waals surface area (Å²) in [6.45, 7) is 1.63. The molecule has 2 aromatic heterocycles. The first-order valence-corrected chi connectivity index (χ1v) is 9.77. The Morgan fingerprint density at radius 3 is 2.34 bits per heavy atom. The number of alkyl halides is 3. The average Bonchev–Trinajstić information content (AvgIpc) is 3.19. The van der Waals surface area contributed by atoms with E-state index in [1.807, 2.05) is 36.4 Å². The van der Waals surface area contributed by atoms with Gasteiger partial charge in [0.05, 0.1) is 0 Å². The number of halogens is 3. The molecule has 0 aliphatic rings. The first-order chi connectivity index (χ1) is 15.3. The van der Waals surface area contributed by atoms with Gasteiger partial charge in [0.2, 0.25) is 5.91 Å². The number of amides is 1. The van der Waals surface area contributed by atoms with Gasteiger partial charge in [-0.15, -0.1) is 5.10 Å². The number of hydrogen-bond acceptors (Lipinski definition) is 5. The van der Waals surface area contributed by atoms with Gasteiger partial charge in [0.1, 0.15) is 11.9 Å². The molecule has 7 nitrogen and oxygen atoms in total. The van der Waals surface area contributed by atoms with Gasteiger partial charge in [-0.1, -0.05) is 48.5 Å². The van der Waals surface area contributed by atoms with Gasteiger partial charge in [-0.3, -0.25) is 4.79 Å². The van der Waals surface area contributed by atoms with Crippen molar-refractivity contribution in [2.45, 2.75) is 25.6 Å². The largest absolute Gasteiger partial charge is 0.453 e. The van der Waals surface area contributed by atoms with Gasteiger partial charge >= 0.3 is 6.18 Å². The molecule has 4 rings (SSSR count). The number of anilines is 2. The van der Waals surface area contributed by atoms with Crippen molar-refractivity contribution in [3.05, 3.63) is 83.8 Å². The van der Waals surface area contributed by atoms with Crippen LogP contribution in [0.5, 0.6) is 0 Å². The number of para-hydroxylation sites is 1. The zero-order chi connectivity index (χ0) is 22.7. The summed E-state index contributed by atoms with van der Waals surface area (Å²) in [6.07, 6.45) is -4.42. The summed E-state index contributed by atoms with van der Waals surface area (Å²) in [5.41, 5.74) is 1.92. The summed E-state index contributed by atoms with van der Waals surface area (Å²) in [4.78, 5) is 20.6. The molecule has 4 aromatic rings. The second kappa shape index (κ2) is 8.66. The zero-order valence-corrected chi connectivity index (χ0v) is 17.0. The molecule has 2 N–H and O–H groups in total. The van der Waals surface area contributed by atoms with Crippen LogP contribution in [-0.4, -0.2) is 31.5 Å². The van der Waals surface area contributed by atoms with Gasteiger partial charge < -0.3 is 10.6 Å². The number of carbonyl (C=O) groups excluding carboxylic acids is 1. The van der Waals surface area contributed by atoms with E-state index in [2.05, 4.69) is 25.7 Å². The van der Waals surface area contributed by atoms with Crippen LogP contribution in [0.15, 0.2) is 66.7 Å². The first kappa shape index (κ1) is 21.3. The molecule has 0 aliphatic heterocycles. The SMILES string of the molecule is Cc1cc(N[C@H](Cc2ccccc2)C(=O)Nc2ccccc2)n2nc(C(F)(F)F)nc2n1. The van der Waals surface area contributed by atoms with Crippen molar-refractivity contribution in [1.29, 1.82) is 0 Å². The lowest BCUT2D eigenvalue weighted by atomic mass is 10.0. The van der Waals surface area contributed by atoms with Crippen LogP contribution in [0.4, 0.5) is 24.7 Å². The average molecular weight is 440 g/mol. The Balaban J connectivity index is 1.69. The van der Waals surface area contributed by atoms with E-state index in [-0.39, 0.29) is 17.5 Å². The Bertz CT molecular complexity index is 1230. The third-order valence-corrected chi connectivity index (χ3v) is 4.66. The van der Waals surface area contributed by atoms with Crippen molar-refractivity contribution < 1.29 is 18.0 Å². The Morgan fingerprint density at radius 1 is 1.03 bits per heavy atom. The maximum absolute atomic E-state index is 13.1. The van der Waals surface area contributed by atoms with E-state index < -0.39 is 18.0 Å². The molecule has 0 saturated carbocycles.